The second-order valence-electron chi connectivity index (χ2n) is 7.16. The van der Waals surface area contributed by atoms with Crippen molar-refractivity contribution >= 4 is 12.1 Å². The molecule has 0 radical (unpaired) electrons. The Kier molecular flexibility index (Phi) is 10.8. The van der Waals surface area contributed by atoms with Gasteiger partial charge in [-0.1, -0.05) is 26.7 Å². The molecule has 0 aromatic heterocycles. The monoisotopic (exact) mass is 466 g/mol. The Morgan fingerprint density at radius 1 is 1.03 bits per heavy atom. The van der Waals surface area contributed by atoms with Crippen molar-refractivity contribution < 1.29 is 39.9 Å². The lowest BCUT2D eigenvalue weighted by Crippen LogP contribution is -2.75. The second-order valence-corrected chi connectivity index (χ2v) is 7.16. The largest absolute Gasteiger partial charge is 0.387 e. The quantitative estimate of drug-likeness (QED) is 0.105. The van der Waals surface area contributed by atoms with E-state index in [1.807, 2.05) is 5.32 Å². The van der Waals surface area contributed by atoms with Crippen molar-refractivity contribution in [3.63, 3.8) is 0 Å². The number of hydrogen-bond acceptors (Lipinski definition) is 12. The highest BCUT2D eigenvalue weighted by Crippen LogP contribution is 2.28. The van der Waals surface area contributed by atoms with Gasteiger partial charge in [0.05, 0.1) is 10.6 Å². The summed E-state index contributed by atoms with van der Waals surface area (Å²) in [4.78, 5) is 45.8. The minimum absolute atomic E-state index is 0.0526. The van der Waals surface area contributed by atoms with E-state index < -0.39 is 48.6 Å². The highest BCUT2D eigenvalue weighted by molar-refractivity contribution is 5.75. The number of aliphatic hydroxyl groups is 5. The second kappa shape index (κ2) is 12.5. The van der Waals surface area contributed by atoms with Crippen LogP contribution in [0.4, 0.5) is 9.59 Å². The molecule has 4 amide bonds. The topological polar surface area (TPSA) is 234 Å². The Morgan fingerprint density at radius 3 is 2.00 bits per heavy atom. The molecular formula is C16H30N6O10. The molecular weight excluding hydrogens is 436 g/mol. The Balaban J connectivity index is 2.88. The first-order valence-corrected chi connectivity index (χ1v) is 10.0. The van der Waals surface area contributed by atoms with Gasteiger partial charge in [0.15, 0.2) is 6.23 Å². The van der Waals surface area contributed by atoms with Crippen LogP contribution in [0.5, 0.6) is 0 Å². The number of amides is 4. The van der Waals surface area contributed by atoms with Crippen LogP contribution in [0.3, 0.4) is 0 Å². The van der Waals surface area contributed by atoms with Crippen LogP contribution in [0, 0.1) is 9.81 Å². The molecule has 1 aliphatic heterocycles. The zero-order valence-electron chi connectivity index (χ0n) is 17.7. The first kappa shape index (κ1) is 27.5. The number of hydrogen-bond donors (Lipinski definition) is 7. The summed E-state index contributed by atoms with van der Waals surface area (Å²) < 4.78 is 4.90. The van der Waals surface area contributed by atoms with Gasteiger partial charge in [0.1, 0.15) is 18.3 Å². The van der Waals surface area contributed by atoms with Crippen LogP contribution in [0.1, 0.15) is 39.5 Å². The lowest BCUT2D eigenvalue weighted by molar-refractivity contribution is -0.343. The number of unbranched alkanes of at least 4 members (excludes halogenated alkanes) is 2. The van der Waals surface area contributed by atoms with Gasteiger partial charge in [0, 0.05) is 13.1 Å². The van der Waals surface area contributed by atoms with E-state index in [0.717, 1.165) is 0 Å². The van der Waals surface area contributed by atoms with Crippen molar-refractivity contribution in [3.8, 4) is 0 Å². The summed E-state index contributed by atoms with van der Waals surface area (Å²) in [6.45, 7) is 3.41. The van der Waals surface area contributed by atoms with E-state index in [2.05, 4.69) is 10.6 Å². The minimum atomic E-state index is -3.00. The van der Waals surface area contributed by atoms with E-state index in [-0.39, 0.29) is 13.1 Å². The zero-order chi connectivity index (χ0) is 24.5. The van der Waals surface area contributed by atoms with Crippen molar-refractivity contribution in [1.29, 1.82) is 0 Å². The summed E-state index contributed by atoms with van der Waals surface area (Å²) >= 11 is 0. The maximum absolute atomic E-state index is 12.2. The summed E-state index contributed by atoms with van der Waals surface area (Å²) in [7, 11) is 0. The summed E-state index contributed by atoms with van der Waals surface area (Å²) in [5.41, 5.74) is -3.00. The van der Waals surface area contributed by atoms with Crippen LogP contribution in [-0.2, 0) is 4.74 Å². The number of urea groups is 2. The summed E-state index contributed by atoms with van der Waals surface area (Å²) in [6.07, 6.45) is -8.78. The van der Waals surface area contributed by atoms with Gasteiger partial charge in [-0.25, -0.2) is 9.59 Å². The summed E-state index contributed by atoms with van der Waals surface area (Å²) in [5, 5.41) is 60.9. The first-order chi connectivity index (χ1) is 15.1. The Labute approximate surface area is 183 Å². The molecule has 6 atom stereocenters. The number of ether oxygens (including phenoxy) is 1. The molecule has 0 aliphatic carbocycles. The fourth-order valence-corrected chi connectivity index (χ4v) is 2.81. The number of carbonyl (C=O) groups is 2. The molecule has 0 aromatic rings. The lowest BCUT2D eigenvalue weighted by Gasteiger charge is -2.47. The smallest absolute Gasteiger partial charge is 0.342 e. The number of nitrogens with one attached hydrogen (secondary N) is 2. The van der Waals surface area contributed by atoms with Crippen molar-refractivity contribution in [2.75, 3.05) is 13.1 Å². The van der Waals surface area contributed by atoms with Crippen LogP contribution in [0.25, 0.3) is 0 Å². The molecule has 1 heterocycles. The molecule has 0 spiro atoms. The van der Waals surface area contributed by atoms with Crippen molar-refractivity contribution in [3.05, 3.63) is 9.81 Å². The first-order valence-electron chi connectivity index (χ1n) is 10.0. The molecule has 0 aromatic carbocycles. The van der Waals surface area contributed by atoms with Crippen LogP contribution < -0.4 is 10.6 Å². The van der Waals surface area contributed by atoms with Gasteiger partial charge in [-0.3, -0.25) is 0 Å². The molecule has 1 saturated heterocycles. The third-order valence-electron chi connectivity index (χ3n) is 4.78. The van der Waals surface area contributed by atoms with E-state index in [1.165, 1.54) is 0 Å². The van der Waals surface area contributed by atoms with Gasteiger partial charge in [-0.05, 0) is 12.8 Å². The molecule has 32 heavy (non-hydrogen) atoms. The Morgan fingerprint density at radius 2 is 1.53 bits per heavy atom. The zero-order valence-corrected chi connectivity index (χ0v) is 17.7. The van der Waals surface area contributed by atoms with Gasteiger partial charge in [0.2, 0.25) is 12.0 Å². The fraction of sp³-hybridized carbons (Fsp3) is 0.875. The summed E-state index contributed by atoms with van der Waals surface area (Å²) in [6, 6.07) is -2.43. The number of carbonyl (C=O) groups excluding carboxylic acids is 2. The van der Waals surface area contributed by atoms with Crippen LogP contribution in [0.15, 0.2) is 10.6 Å². The summed E-state index contributed by atoms with van der Waals surface area (Å²) in [5.74, 6) is 0. The highest BCUT2D eigenvalue weighted by Gasteiger charge is 2.57. The molecule has 2 unspecified atom stereocenters. The van der Waals surface area contributed by atoms with Crippen molar-refractivity contribution in [2.45, 2.75) is 76.1 Å². The maximum atomic E-state index is 12.2. The van der Waals surface area contributed by atoms with Crippen molar-refractivity contribution in [1.82, 2.24) is 20.7 Å². The molecule has 0 saturated carbocycles. The number of nitroso groups, excluding NO2 is 2. The normalized spacial score (nSPS) is 28.3. The highest BCUT2D eigenvalue weighted by atomic mass is 16.6. The minimum Gasteiger partial charge on any atom is -0.387 e. The number of aliphatic hydroxyl groups excluding tert-OH is 4. The number of rotatable bonds is 11. The molecule has 16 heteroatoms. The molecule has 1 rings (SSSR count). The van der Waals surface area contributed by atoms with Crippen LogP contribution >= 0.6 is 0 Å². The SMILES string of the molecule is CCCCN(N=O)C(=O)NC(O)[C@H]1OC(O)[C@@](O)(NC(=O)N(CCCC)N=O)[C@@H](O)[C@@H]1O. The van der Waals surface area contributed by atoms with Crippen LogP contribution in [0.2, 0.25) is 0 Å². The van der Waals surface area contributed by atoms with Gasteiger partial charge in [-0.2, -0.15) is 10.0 Å². The fourth-order valence-electron chi connectivity index (χ4n) is 2.81. The number of nitrogens with zero attached hydrogens (tertiary/aromatic N) is 4. The van der Waals surface area contributed by atoms with Gasteiger partial charge < -0.3 is 40.9 Å². The van der Waals surface area contributed by atoms with Crippen molar-refractivity contribution in [2.24, 2.45) is 10.6 Å². The molecule has 0 bridgehead atoms. The van der Waals surface area contributed by atoms with Gasteiger partial charge in [-0.15, -0.1) is 9.81 Å². The molecule has 16 nitrogen and oxygen atoms in total. The van der Waals surface area contributed by atoms with Gasteiger partial charge >= 0.3 is 12.1 Å². The Hall–Kier alpha value is -2.50. The van der Waals surface area contributed by atoms with E-state index >= 15 is 0 Å². The molecule has 184 valence electrons. The van der Waals surface area contributed by atoms with E-state index in [9.17, 15) is 44.9 Å². The predicted molar refractivity (Wildman–Crippen MR) is 106 cm³/mol. The average Bonchev–Trinajstić information content (AvgIpc) is 2.76. The van der Waals surface area contributed by atoms with Gasteiger partial charge in [0.25, 0.3) is 0 Å². The van der Waals surface area contributed by atoms with E-state index in [1.54, 1.807) is 19.2 Å². The third kappa shape index (κ3) is 6.50. The third-order valence-corrected chi connectivity index (χ3v) is 4.78. The lowest BCUT2D eigenvalue weighted by atomic mass is 9.92. The van der Waals surface area contributed by atoms with E-state index in [4.69, 9.17) is 4.74 Å². The van der Waals surface area contributed by atoms with Crippen LogP contribution in [-0.4, -0.2) is 97.3 Å². The predicted octanol–water partition coefficient (Wildman–Crippen LogP) is -1.58. The maximum Gasteiger partial charge on any atom is 0.342 e. The Bertz CT molecular complexity index is 655. The standard InChI is InChI=1S/C16H30N6O10/c1-3-5-7-21(19-30)14(27)17-12(25)10-9(23)11(24)16(29,13(26)32-10)18-15(28)22(20-31)8-6-4-2/h9-13,23-26,29H,3-8H2,1-2H3,(H,17,27)(H,18,28)/t9-,10+,11+,12?,13?,16-/m1/s1. The van der Waals surface area contributed by atoms with E-state index in [0.29, 0.717) is 35.7 Å². The molecule has 7 N–H and O–H groups in total. The molecule has 1 fully saturated rings. The average molecular weight is 466 g/mol. The molecule has 1 aliphatic rings.